The fourth-order valence-corrected chi connectivity index (χ4v) is 7.65. The summed E-state index contributed by atoms with van der Waals surface area (Å²) in [7, 11) is 0. The van der Waals surface area contributed by atoms with Crippen LogP contribution in [0.25, 0.3) is 10.9 Å². The number of nitrogens with one attached hydrogen (secondary N) is 9. The van der Waals surface area contributed by atoms with E-state index in [1.54, 1.807) is 36.7 Å². The summed E-state index contributed by atoms with van der Waals surface area (Å²) < 4.78 is 0. The molecule has 10 amide bonds. The minimum absolute atomic E-state index is 0.0506. The van der Waals surface area contributed by atoms with Gasteiger partial charge in [-0.05, 0) is 81.5 Å². The molecule has 0 saturated carbocycles. The number of aromatic amines is 1. The Morgan fingerprint density at radius 3 is 1.74 bits per heavy atom. The Hall–Kier alpha value is -7.33. The van der Waals surface area contributed by atoms with Gasteiger partial charge in [0.2, 0.25) is 59.1 Å². The summed E-state index contributed by atoms with van der Waals surface area (Å²) >= 11 is 1.35. The number of para-hydroxylation sites is 1. The summed E-state index contributed by atoms with van der Waals surface area (Å²) in [5.74, 6) is -12.1. The van der Waals surface area contributed by atoms with Gasteiger partial charge in [-0.3, -0.25) is 57.5 Å². The monoisotopic (exact) mass is 1060 g/mol. The molecule has 27 nitrogen and oxygen atoms in total. The summed E-state index contributed by atoms with van der Waals surface area (Å²) in [6, 6.07) is -4.32. The molecule has 0 radical (unpaired) electrons. The Balaban J connectivity index is 2.42. The van der Waals surface area contributed by atoms with E-state index in [0.717, 1.165) is 0 Å². The van der Waals surface area contributed by atoms with Crippen LogP contribution in [0, 0.1) is 5.92 Å². The van der Waals surface area contributed by atoms with Crippen molar-refractivity contribution in [2.75, 3.05) is 25.1 Å². The van der Waals surface area contributed by atoms with E-state index in [9.17, 15) is 67.7 Å². The molecule has 0 unspecified atom stereocenters. The molecule has 28 heteroatoms. The SMILES string of the molecule is CSCC[C@H](NC(=O)[C@@H](N)CC(N)=O)C(=O)N[C@@H](Cc1c[nH]c2ccccc12)C(=O)N[C@@H](CCC(N)=O)C(=O)N[C@@H](CCC(=O)O)C(=O)N[C@H](C(=O)NCC(=O)N[C@@H](CCCCN)C(=O)N[C@H](C)C(=O)O)C(C)C. The van der Waals surface area contributed by atoms with Gasteiger partial charge in [0.15, 0.2) is 0 Å². The highest BCUT2D eigenvalue weighted by atomic mass is 32.2. The van der Waals surface area contributed by atoms with Crippen molar-refractivity contribution in [1.82, 2.24) is 47.5 Å². The van der Waals surface area contributed by atoms with Crippen molar-refractivity contribution in [2.24, 2.45) is 28.9 Å². The molecule has 2 rings (SSSR count). The molecule has 8 atom stereocenters. The van der Waals surface area contributed by atoms with Gasteiger partial charge >= 0.3 is 11.9 Å². The van der Waals surface area contributed by atoms with E-state index in [2.05, 4.69) is 47.5 Å². The molecule has 0 aliphatic heterocycles. The predicted octanol–water partition coefficient (Wildman–Crippen LogP) is -3.80. The van der Waals surface area contributed by atoms with Crippen LogP contribution in [0.1, 0.15) is 84.1 Å². The van der Waals surface area contributed by atoms with Crippen LogP contribution in [0.3, 0.4) is 0 Å². The number of carbonyl (C=O) groups is 12. The number of carboxylic acids is 2. The number of nitrogens with two attached hydrogens (primary N) is 4. The molecule has 74 heavy (non-hydrogen) atoms. The second-order valence-electron chi connectivity index (χ2n) is 17.7. The van der Waals surface area contributed by atoms with E-state index in [4.69, 9.17) is 22.9 Å². The maximum Gasteiger partial charge on any atom is 0.325 e. The average Bonchev–Trinajstić information content (AvgIpc) is 3.74. The van der Waals surface area contributed by atoms with E-state index in [1.165, 1.54) is 32.5 Å². The molecule has 0 saturated heterocycles. The number of amides is 10. The van der Waals surface area contributed by atoms with Crippen molar-refractivity contribution < 1.29 is 67.7 Å². The molecule has 2 aromatic rings. The highest BCUT2D eigenvalue weighted by Crippen LogP contribution is 2.20. The van der Waals surface area contributed by atoms with E-state index < -0.39 is 164 Å². The van der Waals surface area contributed by atoms with Crippen molar-refractivity contribution >= 4 is 93.7 Å². The molecule has 0 spiro atoms. The lowest BCUT2D eigenvalue weighted by Crippen LogP contribution is -2.60. The number of aliphatic carboxylic acids is 2. The topological polar surface area (TPSA) is 461 Å². The maximum absolute atomic E-state index is 14.4. The molecule has 0 aliphatic rings. The van der Waals surface area contributed by atoms with Gasteiger partial charge in [-0.25, -0.2) is 0 Å². The number of fused-ring (bicyclic) bond motifs is 1. The smallest absolute Gasteiger partial charge is 0.325 e. The van der Waals surface area contributed by atoms with Gasteiger partial charge in [0.05, 0.1) is 19.0 Å². The molecule has 410 valence electrons. The third-order valence-corrected chi connectivity index (χ3v) is 12.0. The van der Waals surface area contributed by atoms with Crippen molar-refractivity contribution in [3.63, 3.8) is 0 Å². The number of aromatic nitrogens is 1. The van der Waals surface area contributed by atoms with Gasteiger partial charge in [-0.2, -0.15) is 11.8 Å². The van der Waals surface area contributed by atoms with Gasteiger partial charge in [-0.15, -0.1) is 0 Å². The number of benzene rings is 1. The summed E-state index contributed by atoms with van der Waals surface area (Å²) in [6.07, 6.45) is 1.51. The zero-order valence-corrected chi connectivity index (χ0v) is 42.6. The number of thioether (sulfide) groups is 1. The van der Waals surface area contributed by atoms with Gasteiger partial charge in [0.25, 0.3) is 0 Å². The minimum Gasteiger partial charge on any atom is -0.481 e. The second kappa shape index (κ2) is 32.0. The van der Waals surface area contributed by atoms with Gasteiger partial charge in [0, 0.05) is 36.4 Å². The van der Waals surface area contributed by atoms with Crippen LogP contribution in [0.4, 0.5) is 0 Å². The first-order chi connectivity index (χ1) is 34.9. The van der Waals surface area contributed by atoms with E-state index in [1.807, 2.05) is 0 Å². The van der Waals surface area contributed by atoms with Crippen molar-refractivity contribution in [3.05, 3.63) is 36.0 Å². The third-order valence-electron chi connectivity index (χ3n) is 11.3. The van der Waals surface area contributed by atoms with Crippen LogP contribution < -0.4 is 65.5 Å². The zero-order chi connectivity index (χ0) is 55.7. The molecule has 0 fully saturated rings. The van der Waals surface area contributed by atoms with Crippen LogP contribution in [0.5, 0.6) is 0 Å². The van der Waals surface area contributed by atoms with Crippen molar-refractivity contribution in [2.45, 2.75) is 133 Å². The highest BCUT2D eigenvalue weighted by Gasteiger charge is 2.35. The molecule has 19 N–H and O–H groups in total. The Morgan fingerprint density at radius 2 is 1.18 bits per heavy atom. The van der Waals surface area contributed by atoms with E-state index in [-0.39, 0.29) is 25.8 Å². The van der Waals surface area contributed by atoms with Gasteiger partial charge in [-0.1, -0.05) is 32.0 Å². The first kappa shape index (κ1) is 62.8. The predicted molar refractivity (Wildman–Crippen MR) is 270 cm³/mol. The molecular formula is C46H71N13O14S. The fraction of sp³-hybridized carbons (Fsp3) is 0.565. The summed E-state index contributed by atoms with van der Waals surface area (Å²) in [6.45, 7) is 3.90. The fourth-order valence-electron chi connectivity index (χ4n) is 7.18. The quantitative estimate of drug-likeness (QED) is 0.0294. The largest absolute Gasteiger partial charge is 0.481 e. The first-order valence-electron chi connectivity index (χ1n) is 23.8. The second-order valence-corrected chi connectivity index (χ2v) is 18.7. The summed E-state index contributed by atoms with van der Waals surface area (Å²) in [5.41, 5.74) is 23.2. The Kier molecular flexibility index (Phi) is 27.1. The van der Waals surface area contributed by atoms with Crippen LogP contribution in [0.2, 0.25) is 0 Å². The Bertz CT molecular complexity index is 2310. The van der Waals surface area contributed by atoms with E-state index >= 15 is 0 Å². The first-order valence-corrected chi connectivity index (χ1v) is 25.2. The minimum atomic E-state index is -1.69. The lowest BCUT2D eigenvalue weighted by molar-refractivity contribution is -0.141. The summed E-state index contributed by atoms with van der Waals surface area (Å²) in [4.78, 5) is 158. The van der Waals surface area contributed by atoms with Gasteiger partial charge in [0.1, 0.15) is 42.3 Å². The maximum atomic E-state index is 14.4. The lowest BCUT2D eigenvalue weighted by Gasteiger charge is -2.28. The number of H-pyrrole nitrogens is 1. The number of unbranched alkanes of at least 4 members (excludes halogenated alkanes) is 1. The van der Waals surface area contributed by atoms with Crippen LogP contribution in [-0.4, -0.2) is 160 Å². The van der Waals surface area contributed by atoms with Gasteiger partial charge < -0.3 is 80.7 Å². The molecule has 0 aliphatic carbocycles. The molecule has 1 aromatic heterocycles. The number of carboxylic acid groups (broad SMARTS) is 2. The third kappa shape index (κ3) is 22.2. The molecular weight excluding hydrogens is 991 g/mol. The number of hydrogen-bond acceptors (Lipinski definition) is 15. The number of rotatable bonds is 35. The Labute approximate surface area is 431 Å². The van der Waals surface area contributed by atoms with Crippen molar-refractivity contribution in [3.8, 4) is 0 Å². The standard InChI is InChI=1S/C46H71N13O14S/c1-23(2)38(45(71)52-22-36(62)54-29(11-7-8-17-47)40(66)53-24(3)46(72)73)59-43(69)31(13-15-37(63)64)56-41(67)30(12-14-34(49)60)57-44(70)33(19-25-21-51-28-10-6-5-9-26(25)28)58-42(68)32(16-18-74-4)55-39(65)27(48)20-35(50)61/h5-6,9-10,21,23-24,27,29-33,38,51H,7-8,11-20,22,47-48H2,1-4H3,(H2,49,60)(H2,50,61)(H,52,71)(H,53,66)(H,54,62)(H,55,65)(H,56,67)(H,57,70)(H,58,68)(H,59,69)(H,63,64)(H,72,73)/t24-,27+,29+,30+,31+,32+,33+,38+/m1/s1. The van der Waals surface area contributed by atoms with E-state index in [0.29, 0.717) is 35.1 Å². The average molecular weight is 1060 g/mol. The van der Waals surface area contributed by atoms with Crippen LogP contribution in [0.15, 0.2) is 30.5 Å². The summed E-state index contributed by atoms with van der Waals surface area (Å²) in [5, 5.41) is 39.0. The number of carbonyl (C=O) groups excluding carboxylic acids is 10. The lowest BCUT2D eigenvalue weighted by atomic mass is 10.0. The van der Waals surface area contributed by atoms with Crippen LogP contribution >= 0.6 is 11.8 Å². The molecule has 1 heterocycles. The zero-order valence-electron chi connectivity index (χ0n) is 41.8. The number of hydrogen-bond donors (Lipinski definition) is 15. The van der Waals surface area contributed by atoms with Crippen molar-refractivity contribution in [1.29, 1.82) is 0 Å². The van der Waals surface area contributed by atoms with Crippen LogP contribution in [-0.2, 0) is 64.0 Å². The number of primary amides is 2. The highest BCUT2D eigenvalue weighted by molar-refractivity contribution is 7.98. The normalized spacial score (nSPS) is 14.3. The Morgan fingerprint density at radius 1 is 0.635 bits per heavy atom. The molecule has 0 bridgehead atoms. The molecule has 1 aromatic carbocycles.